The van der Waals surface area contributed by atoms with Crippen molar-refractivity contribution in [3.05, 3.63) is 33.8 Å². The van der Waals surface area contributed by atoms with Crippen LogP contribution in [0, 0.1) is 0 Å². The molecule has 7 nitrogen and oxygen atoms in total. The number of carbonyl (C=O) groups is 1. The van der Waals surface area contributed by atoms with Crippen LogP contribution in [0.15, 0.2) is 18.2 Å². The molecule has 1 aromatic heterocycles. The molecule has 1 N–H and O–H groups in total. The van der Waals surface area contributed by atoms with Crippen molar-refractivity contribution in [2.75, 3.05) is 20.3 Å². The molecule has 25 heavy (non-hydrogen) atoms. The fraction of sp³-hybridized carbons (Fsp3) is 0.471. The van der Waals surface area contributed by atoms with E-state index in [9.17, 15) is 4.79 Å². The summed E-state index contributed by atoms with van der Waals surface area (Å²) in [5, 5.41) is 12.8. The Balaban J connectivity index is 1.61. The largest absolute Gasteiger partial charge is 0.486 e. The maximum Gasteiger partial charge on any atom is 0.317 e. The summed E-state index contributed by atoms with van der Waals surface area (Å²) in [5.41, 5.74) is 0.992. The predicted octanol–water partition coefficient (Wildman–Crippen LogP) is 2.77. The number of nitrogens with zero attached hydrogens (tertiary/aromatic N) is 3. The smallest absolute Gasteiger partial charge is 0.317 e. The molecule has 1 atom stereocenters. The Bertz CT molecular complexity index is 749. The van der Waals surface area contributed by atoms with Crippen LogP contribution in [-0.2, 0) is 13.0 Å². The molecule has 134 valence electrons. The summed E-state index contributed by atoms with van der Waals surface area (Å²) in [6, 6.07) is 5.52. The van der Waals surface area contributed by atoms with Crippen LogP contribution >= 0.6 is 11.3 Å². The van der Waals surface area contributed by atoms with Gasteiger partial charge in [0.15, 0.2) is 11.5 Å². The van der Waals surface area contributed by atoms with Gasteiger partial charge in [-0.1, -0.05) is 24.3 Å². The second-order valence-electron chi connectivity index (χ2n) is 5.79. The van der Waals surface area contributed by atoms with Gasteiger partial charge in [0.1, 0.15) is 23.2 Å². The molecule has 2 heterocycles. The lowest BCUT2D eigenvalue weighted by Crippen LogP contribution is -2.38. The molecule has 3 rings (SSSR count). The van der Waals surface area contributed by atoms with Gasteiger partial charge in [0.2, 0.25) is 0 Å². The Morgan fingerprint density at radius 1 is 1.28 bits per heavy atom. The SMILES string of the molecule is CCc1nnc(CNC(=O)N(C)C(C)c2ccc3c(c2)OCCO3)s1. The number of fused-ring (bicyclic) bond motifs is 1. The van der Waals surface area contributed by atoms with Gasteiger partial charge in [-0.3, -0.25) is 0 Å². The number of benzene rings is 1. The van der Waals surface area contributed by atoms with E-state index in [-0.39, 0.29) is 12.1 Å². The molecule has 1 aliphatic rings. The Hall–Kier alpha value is -2.35. The van der Waals surface area contributed by atoms with E-state index in [4.69, 9.17) is 9.47 Å². The second kappa shape index (κ2) is 7.69. The highest BCUT2D eigenvalue weighted by molar-refractivity contribution is 7.11. The van der Waals surface area contributed by atoms with Crippen LogP contribution in [0.2, 0.25) is 0 Å². The lowest BCUT2D eigenvalue weighted by atomic mass is 10.1. The first kappa shape index (κ1) is 17.5. The normalized spacial score (nSPS) is 14.0. The van der Waals surface area contributed by atoms with Gasteiger partial charge >= 0.3 is 6.03 Å². The van der Waals surface area contributed by atoms with Gasteiger partial charge in [0.25, 0.3) is 0 Å². The summed E-state index contributed by atoms with van der Waals surface area (Å²) in [4.78, 5) is 14.1. The highest BCUT2D eigenvalue weighted by Gasteiger charge is 2.20. The summed E-state index contributed by atoms with van der Waals surface area (Å²) in [7, 11) is 1.77. The van der Waals surface area contributed by atoms with Crippen molar-refractivity contribution in [1.82, 2.24) is 20.4 Å². The quantitative estimate of drug-likeness (QED) is 0.885. The van der Waals surface area contributed by atoms with Gasteiger partial charge in [-0.15, -0.1) is 10.2 Å². The molecule has 2 aromatic rings. The zero-order valence-electron chi connectivity index (χ0n) is 14.6. The molecule has 0 bridgehead atoms. The second-order valence-corrected chi connectivity index (χ2v) is 6.94. The van der Waals surface area contributed by atoms with Gasteiger partial charge in [-0.25, -0.2) is 4.79 Å². The molecule has 1 aromatic carbocycles. The van der Waals surface area contributed by atoms with E-state index in [1.165, 1.54) is 11.3 Å². The summed E-state index contributed by atoms with van der Waals surface area (Å²) >= 11 is 1.52. The number of hydrogen-bond donors (Lipinski definition) is 1. The molecule has 0 aliphatic carbocycles. The average molecular weight is 362 g/mol. The number of urea groups is 1. The Labute approximate surface area is 151 Å². The standard InChI is InChI=1S/C17H22N4O3S/c1-4-15-19-20-16(25-15)10-18-17(22)21(3)11(2)12-5-6-13-14(9-12)24-8-7-23-13/h5-6,9,11H,4,7-8,10H2,1-3H3,(H,18,22). The van der Waals surface area contributed by atoms with Crippen LogP contribution in [-0.4, -0.2) is 41.4 Å². The average Bonchev–Trinajstić information content (AvgIpc) is 3.12. The number of aromatic nitrogens is 2. The minimum Gasteiger partial charge on any atom is -0.486 e. The number of carbonyl (C=O) groups excluding carboxylic acids is 1. The number of nitrogens with one attached hydrogen (secondary N) is 1. The Morgan fingerprint density at radius 3 is 2.72 bits per heavy atom. The predicted molar refractivity (Wildman–Crippen MR) is 95.1 cm³/mol. The van der Waals surface area contributed by atoms with E-state index in [2.05, 4.69) is 15.5 Å². The minimum atomic E-state index is -0.157. The third-order valence-electron chi connectivity index (χ3n) is 4.15. The molecular formula is C17H22N4O3S. The van der Waals surface area contributed by atoms with Gasteiger partial charge in [0.05, 0.1) is 12.6 Å². The summed E-state index contributed by atoms with van der Waals surface area (Å²) in [6.07, 6.45) is 0.854. The summed E-state index contributed by atoms with van der Waals surface area (Å²) in [6.45, 7) is 5.50. The third kappa shape index (κ3) is 4.01. The number of rotatable bonds is 5. The topological polar surface area (TPSA) is 76.6 Å². The van der Waals surface area contributed by atoms with Crippen LogP contribution in [0.5, 0.6) is 11.5 Å². The number of hydrogen-bond acceptors (Lipinski definition) is 6. The first-order valence-electron chi connectivity index (χ1n) is 8.30. The van der Waals surface area contributed by atoms with Crippen LogP contribution < -0.4 is 14.8 Å². The van der Waals surface area contributed by atoms with Crippen LogP contribution in [0.25, 0.3) is 0 Å². The molecule has 0 saturated heterocycles. The van der Waals surface area contributed by atoms with E-state index >= 15 is 0 Å². The molecule has 0 fully saturated rings. The first-order valence-corrected chi connectivity index (χ1v) is 9.11. The van der Waals surface area contributed by atoms with Crippen LogP contribution in [0.1, 0.15) is 35.5 Å². The van der Waals surface area contributed by atoms with Gasteiger partial charge in [-0.2, -0.15) is 0 Å². The van der Waals surface area contributed by atoms with Crippen molar-refractivity contribution in [2.24, 2.45) is 0 Å². The molecule has 1 aliphatic heterocycles. The minimum absolute atomic E-state index is 0.101. The van der Waals surface area contributed by atoms with Crippen molar-refractivity contribution in [3.8, 4) is 11.5 Å². The first-order chi connectivity index (χ1) is 12.1. The van der Waals surface area contributed by atoms with Gasteiger partial charge in [-0.05, 0) is 31.0 Å². The number of amides is 2. The molecule has 2 amide bonds. The highest BCUT2D eigenvalue weighted by Crippen LogP contribution is 2.33. The lowest BCUT2D eigenvalue weighted by Gasteiger charge is -2.27. The Morgan fingerprint density at radius 2 is 2.00 bits per heavy atom. The molecule has 0 spiro atoms. The van der Waals surface area contributed by atoms with Crippen LogP contribution in [0.4, 0.5) is 4.79 Å². The fourth-order valence-electron chi connectivity index (χ4n) is 2.50. The molecule has 1 unspecified atom stereocenters. The highest BCUT2D eigenvalue weighted by atomic mass is 32.1. The maximum absolute atomic E-state index is 12.4. The number of ether oxygens (including phenoxy) is 2. The van der Waals surface area contributed by atoms with E-state index in [0.717, 1.165) is 33.5 Å². The van der Waals surface area contributed by atoms with Gasteiger partial charge < -0.3 is 19.7 Å². The molecule has 0 radical (unpaired) electrons. The van der Waals surface area contributed by atoms with Gasteiger partial charge in [0, 0.05) is 7.05 Å². The Kier molecular flexibility index (Phi) is 5.37. The van der Waals surface area contributed by atoms with Crippen molar-refractivity contribution < 1.29 is 14.3 Å². The van der Waals surface area contributed by atoms with E-state index in [1.807, 2.05) is 32.0 Å². The number of aryl methyl sites for hydroxylation is 1. The summed E-state index contributed by atoms with van der Waals surface area (Å²) < 4.78 is 11.2. The molecule has 0 saturated carbocycles. The van der Waals surface area contributed by atoms with Crippen LogP contribution in [0.3, 0.4) is 0 Å². The summed E-state index contributed by atoms with van der Waals surface area (Å²) in [5.74, 6) is 1.47. The van der Waals surface area contributed by atoms with Crippen molar-refractivity contribution in [2.45, 2.75) is 32.9 Å². The van der Waals surface area contributed by atoms with E-state index < -0.39 is 0 Å². The maximum atomic E-state index is 12.4. The molecular weight excluding hydrogens is 340 g/mol. The van der Waals surface area contributed by atoms with Crippen molar-refractivity contribution in [1.29, 1.82) is 0 Å². The van der Waals surface area contributed by atoms with E-state index in [1.54, 1.807) is 11.9 Å². The molecule has 8 heteroatoms. The third-order valence-corrected chi connectivity index (χ3v) is 5.22. The zero-order valence-corrected chi connectivity index (χ0v) is 15.4. The monoisotopic (exact) mass is 362 g/mol. The fourth-order valence-corrected chi connectivity index (χ4v) is 3.22. The van der Waals surface area contributed by atoms with Crippen molar-refractivity contribution in [3.63, 3.8) is 0 Å². The van der Waals surface area contributed by atoms with Crippen molar-refractivity contribution >= 4 is 17.4 Å². The zero-order chi connectivity index (χ0) is 17.8. The van der Waals surface area contributed by atoms with E-state index in [0.29, 0.717) is 19.8 Å². The lowest BCUT2D eigenvalue weighted by molar-refractivity contribution is 0.170.